The monoisotopic (exact) mass is 872 g/mol. The Balaban J connectivity index is 3.58. The summed E-state index contributed by atoms with van der Waals surface area (Å²) < 4.78 is 0. The molecule has 0 saturated heterocycles. The summed E-state index contributed by atoms with van der Waals surface area (Å²) in [6.07, 6.45) is 67.9. The molecule has 1 amide bonds. The number of hydrogen-bond donors (Lipinski definition) is 4. The number of rotatable bonds is 51. The van der Waals surface area contributed by atoms with E-state index >= 15 is 0 Å². The summed E-state index contributed by atoms with van der Waals surface area (Å²) in [6, 6.07) is -0.814. The van der Waals surface area contributed by atoms with E-state index in [4.69, 9.17) is 0 Å². The molecule has 0 aliphatic heterocycles. The van der Waals surface area contributed by atoms with Crippen molar-refractivity contribution in [2.45, 2.75) is 315 Å². The van der Waals surface area contributed by atoms with E-state index in [1.807, 2.05) is 6.08 Å². The molecule has 0 fully saturated rings. The van der Waals surface area contributed by atoms with E-state index in [0.29, 0.717) is 6.42 Å². The Hall–Kier alpha value is -1.43. The van der Waals surface area contributed by atoms with Crippen LogP contribution in [-0.2, 0) is 4.79 Å². The van der Waals surface area contributed by atoms with Gasteiger partial charge in [0.1, 0.15) is 6.10 Å². The summed E-state index contributed by atoms with van der Waals surface area (Å²) in [5, 5.41) is 33.3. The third-order valence-electron chi connectivity index (χ3n) is 13.0. The Morgan fingerprint density at radius 1 is 0.387 bits per heavy atom. The summed E-state index contributed by atoms with van der Waals surface area (Å²) in [7, 11) is 0. The molecule has 0 spiro atoms. The first-order chi connectivity index (χ1) is 30.6. The molecule has 3 unspecified atom stereocenters. The van der Waals surface area contributed by atoms with E-state index in [1.165, 1.54) is 238 Å². The van der Waals surface area contributed by atoms with Crippen molar-refractivity contribution in [3.8, 4) is 0 Å². The van der Waals surface area contributed by atoms with Gasteiger partial charge in [-0.25, -0.2) is 0 Å². The highest BCUT2D eigenvalue weighted by Crippen LogP contribution is 2.17. The second-order valence-corrected chi connectivity index (χ2v) is 19.1. The minimum absolute atomic E-state index is 0.375. The van der Waals surface area contributed by atoms with Gasteiger partial charge in [-0.15, -0.1) is 0 Å². The Labute approximate surface area is 387 Å². The van der Waals surface area contributed by atoms with Crippen LogP contribution in [0.3, 0.4) is 0 Å². The van der Waals surface area contributed by atoms with Crippen LogP contribution in [0.25, 0.3) is 0 Å². The molecule has 0 aromatic heterocycles. The number of aliphatic hydroxyl groups excluding tert-OH is 3. The quantitative estimate of drug-likeness (QED) is 0.0362. The fourth-order valence-corrected chi connectivity index (χ4v) is 8.61. The molecule has 0 aliphatic carbocycles. The molecule has 0 heterocycles. The SMILES string of the molecule is CCCCCCCCCCCCCC/C=C\CCCCCCCCCCCCCCCC(O)C(=O)NC(CO)C(O)/C=C/CC/C=C/CCCCCCCCCCCCCCC. The van der Waals surface area contributed by atoms with Crippen molar-refractivity contribution >= 4 is 5.91 Å². The zero-order chi connectivity index (χ0) is 45.1. The van der Waals surface area contributed by atoms with Crippen LogP contribution >= 0.6 is 0 Å². The highest BCUT2D eigenvalue weighted by atomic mass is 16.3. The third kappa shape index (κ3) is 46.6. The van der Waals surface area contributed by atoms with Gasteiger partial charge in [-0.3, -0.25) is 4.79 Å². The average Bonchev–Trinajstić information content (AvgIpc) is 3.28. The summed E-state index contributed by atoms with van der Waals surface area (Å²) in [5.41, 5.74) is 0. The van der Waals surface area contributed by atoms with Gasteiger partial charge in [0.2, 0.25) is 5.91 Å². The Kier molecular flexibility index (Phi) is 51.0. The maximum atomic E-state index is 12.5. The lowest BCUT2D eigenvalue weighted by atomic mass is 10.0. The third-order valence-corrected chi connectivity index (χ3v) is 13.0. The molecule has 0 radical (unpaired) electrons. The van der Waals surface area contributed by atoms with Crippen LogP contribution in [-0.4, -0.2) is 46.1 Å². The topological polar surface area (TPSA) is 89.8 Å². The van der Waals surface area contributed by atoms with Gasteiger partial charge in [0.25, 0.3) is 0 Å². The first-order valence-electron chi connectivity index (χ1n) is 27.8. The summed E-state index contributed by atoms with van der Waals surface area (Å²) in [6.45, 7) is 4.20. The molecule has 62 heavy (non-hydrogen) atoms. The van der Waals surface area contributed by atoms with Crippen molar-refractivity contribution in [2.24, 2.45) is 0 Å². The van der Waals surface area contributed by atoms with Crippen LogP contribution in [0, 0.1) is 0 Å². The summed E-state index contributed by atoms with van der Waals surface area (Å²) >= 11 is 0. The largest absolute Gasteiger partial charge is 0.394 e. The van der Waals surface area contributed by atoms with Gasteiger partial charge in [-0.1, -0.05) is 275 Å². The second kappa shape index (κ2) is 52.2. The molecule has 0 rings (SSSR count). The minimum Gasteiger partial charge on any atom is -0.394 e. The smallest absolute Gasteiger partial charge is 0.249 e. The van der Waals surface area contributed by atoms with E-state index in [1.54, 1.807) is 6.08 Å². The van der Waals surface area contributed by atoms with Gasteiger partial charge < -0.3 is 20.6 Å². The van der Waals surface area contributed by atoms with Gasteiger partial charge in [0.15, 0.2) is 0 Å². The summed E-state index contributed by atoms with van der Waals surface area (Å²) in [4.78, 5) is 12.5. The van der Waals surface area contributed by atoms with E-state index in [0.717, 1.165) is 38.5 Å². The van der Waals surface area contributed by atoms with Crippen LogP contribution in [0.4, 0.5) is 0 Å². The number of nitrogens with one attached hydrogen (secondary N) is 1. The van der Waals surface area contributed by atoms with Crippen molar-refractivity contribution in [3.05, 3.63) is 36.5 Å². The Morgan fingerprint density at radius 2 is 0.661 bits per heavy atom. The van der Waals surface area contributed by atoms with Crippen LogP contribution < -0.4 is 5.32 Å². The number of amides is 1. The normalized spacial score (nSPS) is 13.6. The van der Waals surface area contributed by atoms with Gasteiger partial charge in [0, 0.05) is 0 Å². The molecule has 0 aromatic rings. The number of carbonyl (C=O) groups is 1. The Bertz CT molecular complexity index is 962. The van der Waals surface area contributed by atoms with Gasteiger partial charge in [-0.05, 0) is 57.8 Å². The Morgan fingerprint density at radius 3 is 0.984 bits per heavy atom. The van der Waals surface area contributed by atoms with Gasteiger partial charge >= 0.3 is 0 Å². The molecule has 366 valence electrons. The predicted molar refractivity (Wildman–Crippen MR) is 273 cm³/mol. The highest BCUT2D eigenvalue weighted by molar-refractivity contribution is 5.80. The lowest BCUT2D eigenvalue weighted by Gasteiger charge is -2.21. The predicted octanol–water partition coefficient (Wildman–Crippen LogP) is 17.1. The molecule has 3 atom stereocenters. The molecule has 4 N–H and O–H groups in total. The fraction of sp³-hybridized carbons (Fsp3) is 0.877. The molecule has 5 heteroatoms. The van der Waals surface area contributed by atoms with Crippen molar-refractivity contribution in [2.75, 3.05) is 6.61 Å². The first-order valence-corrected chi connectivity index (χ1v) is 27.8. The van der Waals surface area contributed by atoms with Crippen molar-refractivity contribution in [3.63, 3.8) is 0 Å². The van der Waals surface area contributed by atoms with E-state index < -0.39 is 24.2 Å². The second-order valence-electron chi connectivity index (χ2n) is 19.1. The lowest BCUT2D eigenvalue weighted by Crippen LogP contribution is -2.48. The standard InChI is InChI=1S/C57H109NO4/c1-3-5-7-9-11-13-15-17-19-21-23-24-25-26-27-28-29-30-31-32-34-36-38-40-42-44-46-48-50-52-56(61)57(62)58-54(53-59)55(60)51-49-47-45-43-41-39-37-35-33-22-20-18-16-14-12-10-8-6-4-2/h26-27,41,43,49,51,54-56,59-61H,3-25,28-40,42,44-48,50,52-53H2,1-2H3,(H,58,62)/b27-26-,43-41+,51-49+. The average molecular weight is 873 g/mol. The molecular formula is C57H109NO4. The maximum Gasteiger partial charge on any atom is 0.249 e. The van der Waals surface area contributed by atoms with Crippen LogP contribution in [0.2, 0.25) is 0 Å². The van der Waals surface area contributed by atoms with Crippen molar-refractivity contribution < 1.29 is 20.1 Å². The zero-order valence-electron chi connectivity index (χ0n) is 41.8. The van der Waals surface area contributed by atoms with Crippen LogP contribution in [0.1, 0.15) is 296 Å². The van der Waals surface area contributed by atoms with E-state index in [2.05, 4.69) is 43.5 Å². The molecule has 0 saturated carbocycles. The highest BCUT2D eigenvalue weighted by Gasteiger charge is 2.22. The van der Waals surface area contributed by atoms with Crippen LogP contribution in [0.5, 0.6) is 0 Å². The fourth-order valence-electron chi connectivity index (χ4n) is 8.61. The van der Waals surface area contributed by atoms with Gasteiger partial charge in [0.05, 0.1) is 18.8 Å². The van der Waals surface area contributed by atoms with Crippen LogP contribution in [0.15, 0.2) is 36.5 Å². The minimum atomic E-state index is -1.11. The number of hydrogen-bond acceptors (Lipinski definition) is 4. The van der Waals surface area contributed by atoms with Gasteiger partial charge in [-0.2, -0.15) is 0 Å². The van der Waals surface area contributed by atoms with E-state index in [9.17, 15) is 20.1 Å². The molecule has 0 aromatic carbocycles. The summed E-state index contributed by atoms with van der Waals surface area (Å²) in [5.74, 6) is -0.510. The molecule has 0 aliphatic rings. The zero-order valence-corrected chi connectivity index (χ0v) is 41.8. The van der Waals surface area contributed by atoms with Crippen molar-refractivity contribution in [1.29, 1.82) is 0 Å². The van der Waals surface area contributed by atoms with Crippen molar-refractivity contribution in [1.82, 2.24) is 5.32 Å². The first kappa shape index (κ1) is 60.6. The number of carbonyl (C=O) groups excluding carboxylic acids is 1. The molecule has 5 nitrogen and oxygen atoms in total. The lowest BCUT2D eigenvalue weighted by molar-refractivity contribution is -0.131. The number of allylic oxidation sites excluding steroid dienone is 5. The van der Waals surface area contributed by atoms with E-state index in [-0.39, 0.29) is 6.61 Å². The number of unbranched alkanes of at least 4 members (excludes halogenated alkanes) is 39. The number of aliphatic hydroxyl groups is 3. The maximum absolute atomic E-state index is 12.5. The molecular weight excluding hydrogens is 763 g/mol. The molecule has 0 bridgehead atoms.